The van der Waals surface area contributed by atoms with Gasteiger partial charge >= 0.3 is 5.97 Å². The first-order valence-corrected chi connectivity index (χ1v) is 11.8. The first-order valence-electron chi connectivity index (χ1n) is 10.7. The second-order valence-electron chi connectivity index (χ2n) is 8.84. The molecule has 0 spiro atoms. The molecule has 0 amide bonds. The van der Waals surface area contributed by atoms with Crippen molar-refractivity contribution in [2.45, 2.75) is 39.8 Å². The molecular weight excluding hydrogens is 522 g/mol. The molecule has 9 heteroatoms. The number of halogens is 2. The van der Waals surface area contributed by atoms with Crippen LogP contribution >= 0.6 is 27.5 Å². The summed E-state index contributed by atoms with van der Waals surface area (Å²) in [5.41, 5.74) is 4.44. The van der Waals surface area contributed by atoms with Crippen LogP contribution in [0.5, 0.6) is 11.5 Å². The number of rotatable bonds is 3. The number of nitrogens with zero attached hydrogens (tertiary/aromatic N) is 2. The Hall–Kier alpha value is -2.55. The molecule has 0 saturated heterocycles. The summed E-state index contributed by atoms with van der Waals surface area (Å²) in [7, 11) is 4.88. The van der Waals surface area contributed by atoms with Gasteiger partial charge in [-0.2, -0.15) is 5.10 Å². The summed E-state index contributed by atoms with van der Waals surface area (Å²) >= 11 is 9.78. The van der Waals surface area contributed by atoms with Crippen molar-refractivity contribution in [3.05, 3.63) is 56.6 Å². The van der Waals surface area contributed by atoms with Crippen molar-refractivity contribution >= 4 is 33.5 Å². The fraction of sp³-hybridized carbons (Fsp3) is 0.360. The highest BCUT2D eigenvalue weighted by atomic mass is 79.9. The van der Waals surface area contributed by atoms with Gasteiger partial charge in [-0.1, -0.05) is 11.6 Å². The topological polar surface area (TPSA) is 74.6 Å². The number of methoxy groups -OCH3 is 2. The molecule has 182 valence electrons. The predicted molar refractivity (Wildman–Crippen MR) is 137 cm³/mol. The minimum Gasteiger partial charge on any atom is -0.495 e. The molecule has 0 fully saturated rings. The van der Waals surface area contributed by atoms with Crippen molar-refractivity contribution < 1.29 is 19.0 Å². The Morgan fingerprint density at radius 2 is 1.88 bits per heavy atom. The van der Waals surface area contributed by atoms with E-state index in [9.17, 15) is 4.79 Å². The van der Waals surface area contributed by atoms with E-state index in [-0.39, 0.29) is 12.3 Å². The van der Waals surface area contributed by atoms with Crippen LogP contribution in [-0.2, 0) is 11.3 Å². The van der Waals surface area contributed by atoms with Gasteiger partial charge in [-0.25, -0.2) is 9.48 Å². The monoisotopic (exact) mass is 549 g/mol. The summed E-state index contributed by atoms with van der Waals surface area (Å²) < 4.78 is 18.7. The number of carbonyl (C=O) groups excluding carboxylic acids is 1. The first-order chi connectivity index (χ1) is 16.0. The summed E-state index contributed by atoms with van der Waals surface area (Å²) in [4.78, 5) is 12.3. The summed E-state index contributed by atoms with van der Waals surface area (Å²) in [6.07, 6.45) is 0. The number of fused-ring (bicyclic) bond motifs is 3. The Balaban J connectivity index is 0.000000481. The van der Waals surface area contributed by atoms with Crippen LogP contribution in [-0.4, -0.2) is 42.6 Å². The first kappa shape index (κ1) is 26.1. The molecule has 2 heterocycles. The van der Waals surface area contributed by atoms with Crippen molar-refractivity contribution in [2.24, 2.45) is 0 Å². The molecule has 1 aliphatic rings. The Morgan fingerprint density at radius 1 is 1.21 bits per heavy atom. The molecule has 3 aromatic rings. The van der Waals surface area contributed by atoms with Crippen LogP contribution < -0.4 is 14.8 Å². The van der Waals surface area contributed by atoms with Crippen LogP contribution in [0.1, 0.15) is 42.4 Å². The van der Waals surface area contributed by atoms with E-state index in [1.165, 1.54) is 7.11 Å². The van der Waals surface area contributed by atoms with Gasteiger partial charge in [0.05, 0.1) is 35.6 Å². The maximum absolute atomic E-state index is 12.3. The van der Waals surface area contributed by atoms with E-state index in [0.29, 0.717) is 27.6 Å². The van der Waals surface area contributed by atoms with Crippen molar-refractivity contribution in [1.82, 2.24) is 15.1 Å². The van der Waals surface area contributed by atoms with Gasteiger partial charge in [0.25, 0.3) is 0 Å². The average molecular weight is 551 g/mol. The summed E-state index contributed by atoms with van der Waals surface area (Å²) in [5, 5.41) is 8.23. The van der Waals surface area contributed by atoms with Crippen LogP contribution in [0.4, 0.5) is 0 Å². The minimum atomic E-state index is -0.520. The smallest absolute Gasteiger partial charge is 0.359 e. The molecule has 0 radical (unpaired) electrons. The van der Waals surface area contributed by atoms with Crippen molar-refractivity contribution in [3.8, 4) is 28.4 Å². The van der Waals surface area contributed by atoms with Gasteiger partial charge < -0.3 is 19.5 Å². The lowest BCUT2D eigenvalue weighted by Crippen LogP contribution is -2.31. The zero-order valence-corrected chi connectivity index (χ0v) is 22.7. The molecule has 0 aliphatic carbocycles. The lowest BCUT2D eigenvalue weighted by Gasteiger charge is -2.21. The molecule has 1 aliphatic heterocycles. The Morgan fingerprint density at radius 3 is 2.44 bits per heavy atom. The molecule has 0 saturated carbocycles. The fourth-order valence-electron chi connectivity index (χ4n) is 3.30. The highest BCUT2D eigenvalue weighted by molar-refractivity contribution is 9.10. The highest BCUT2D eigenvalue weighted by Gasteiger charge is 2.31. The zero-order valence-electron chi connectivity index (χ0n) is 20.4. The zero-order chi connectivity index (χ0) is 25.2. The van der Waals surface area contributed by atoms with E-state index in [4.69, 9.17) is 25.8 Å². The number of aromatic nitrogens is 2. The van der Waals surface area contributed by atoms with Crippen LogP contribution in [0.3, 0.4) is 0 Å². The third kappa shape index (κ3) is 5.56. The second-order valence-corrected chi connectivity index (χ2v) is 10.1. The number of aryl methyl sites for hydroxylation is 1. The summed E-state index contributed by atoms with van der Waals surface area (Å²) in [6, 6.07) is 9.31. The van der Waals surface area contributed by atoms with Gasteiger partial charge in [-0.15, -0.1) is 0 Å². The maximum Gasteiger partial charge on any atom is 0.359 e. The minimum absolute atomic E-state index is 0.192. The van der Waals surface area contributed by atoms with E-state index in [1.54, 1.807) is 23.9 Å². The number of benzene rings is 2. The van der Waals surface area contributed by atoms with Crippen molar-refractivity contribution in [3.63, 3.8) is 0 Å². The number of carbonyl (C=O) groups is 1. The molecule has 0 atom stereocenters. The van der Waals surface area contributed by atoms with Crippen LogP contribution in [0.15, 0.2) is 34.8 Å². The van der Waals surface area contributed by atoms with Gasteiger partial charge in [0.2, 0.25) is 0 Å². The number of esters is 1. The fourth-order valence-corrected chi connectivity index (χ4v) is 4.09. The van der Waals surface area contributed by atoms with Gasteiger partial charge in [0, 0.05) is 22.2 Å². The quantitative estimate of drug-likeness (QED) is 0.406. The van der Waals surface area contributed by atoms with Crippen LogP contribution in [0.25, 0.3) is 16.9 Å². The molecule has 0 unspecified atom stereocenters. The van der Waals surface area contributed by atoms with E-state index in [1.807, 2.05) is 32.2 Å². The van der Waals surface area contributed by atoms with Crippen LogP contribution in [0, 0.1) is 6.92 Å². The third-order valence-corrected chi connectivity index (χ3v) is 6.10. The van der Waals surface area contributed by atoms with E-state index < -0.39 is 5.97 Å². The van der Waals surface area contributed by atoms with Gasteiger partial charge in [0.15, 0.2) is 5.69 Å². The van der Waals surface area contributed by atoms with Gasteiger partial charge in [-0.05, 0) is 80.5 Å². The van der Waals surface area contributed by atoms with Gasteiger partial charge in [-0.3, -0.25) is 0 Å². The second kappa shape index (κ2) is 10.4. The Labute approximate surface area is 213 Å². The number of hydrogen-bond donors (Lipinski definition) is 1. The molecular formula is C25H29BrClN3O4. The van der Waals surface area contributed by atoms with Crippen molar-refractivity contribution in [1.29, 1.82) is 0 Å². The molecule has 7 nitrogen and oxygen atoms in total. The summed E-state index contributed by atoms with van der Waals surface area (Å²) in [6.45, 7) is 8.54. The molecule has 1 N–H and O–H groups in total. The molecule has 0 bridgehead atoms. The summed E-state index contributed by atoms with van der Waals surface area (Å²) in [5.74, 6) is 0.775. The van der Waals surface area contributed by atoms with Crippen LogP contribution in [0.2, 0.25) is 5.02 Å². The average Bonchev–Trinajstić information content (AvgIpc) is 3.17. The predicted octanol–water partition coefficient (Wildman–Crippen LogP) is 5.96. The van der Waals surface area contributed by atoms with Crippen molar-refractivity contribution in [2.75, 3.05) is 21.3 Å². The molecule has 2 aromatic carbocycles. The molecule has 34 heavy (non-hydrogen) atoms. The van der Waals surface area contributed by atoms with E-state index >= 15 is 0 Å². The van der Waals surface area contributed by atoms with E-state index in [0.717, 1.165) is 27.0 Å². The molecule has 1 aromatic heterocycles. The van der Waals surface area contributed by atoms with Gasteiger partial charge in [0.1, 0.15) is 18.1 Å². The normalized spacial score (nSPS) is 12.0. The van der Waals surface area contributed by atoms with E-state index in [2.05, 4.69) is 47.1 Å². The Kier molecular flexibility index (Phi) is 7.95. The number of nitrogens with one attached hydrogen (secondary N) is 1. The number of ether oxygens (including phenoxy) is 3. The standard InChI is InChI=1S/C20H16BrClN2O4.C5H13N/c1-10-4-11(22)6-12(5-10)24-19-13-7-15(21)17(26-2)8-16(13)28-9-14(19)18(23-24)20(25)27-3;1-5(2,3)6-4/h4-8H,9H2,1-3H3;6H,1-4H3. The largest absolute Gasteiger partial charge is 0.495 e. The maximum atomic E-state index is 12.3. The SMILES string of the molecule is CNC(C)(C)C.COC(=O)c1nn(-c2cc(C)cc(Cl)c2)c2c1COc1cc(OC)c(Br)cc1-2. The lowest BCUT2D eigenvalue weighted by atomic mass is 10.0. The number of hydrogen-bond acceptors (Lipinski definition) is 6. The highest BCUT2D eigenvalue weighted by Crippen LogP contribution is 2.45. The lowest BCUT2D eigenvalue weighted by molar-refractivity contribution is 0.0590. The Bertz CT molecular complexity index is 1200. The third-order valence-electron chi connectivity index (χ3n) is 5.26. The molecule has 4 rings (SSSR count).